The quantitative estimate of drug-likeness (QED) is 0.623. The van der Waals surface area contributed by atoms with E-state index in [0.717, 1.165) is 22.4 Å². The lowest BCUT2D eigenvalue weighted by Crippen LogP contribution is -2.05. The van der Waals surface area contributed by atoms with E-state index in [9.17, 15) is 15.0 Å². The first-order valence-electron chi connectivity index (χ1n) is 8.42. The third-order valence-corrected chi connectivity index (χ3v) is 5.37. The molecule has 136 valence electrons. The Kier molecular flexibility index (Phi) is 4.36. The second kappa shape index (κ2) is 6.70. The zero-order chi connectivity index (χ0) is 19.1. The Labute approximate surface area is 164 Å². The number of pyridine rings is 1. The van der Waals surface area contributed by atoms with E-state index in [1.54, 1.807) is 18.2 Å². The summed E-state index contributed by atoms with van der Waals surface area (Å²) in [5, 5.41) is 20.4. The van der Waals surface area contributed by atoms with Crippen LogP contribution in [0.3, 0.4) is 0 Å². The first kappa shape index (κ1) is 17.5. The summed E-state index contributed by atoms with van der Waals surface area (Å²) in [4.78, 5) is 16.6. The summed E-state index contributed by atoms with van der Waals surface area (Å²) in [7, 11) is 1.50. The minimum atomic E-state index is -0.930. The maximum atomic E-state index is 11.9. The maximum Gasteiger partial charge on any atom is 0.336 e. The molecule has 0 aliphatic heterocycles. The van der Waals surface area contributed by atoms with E-state index in [1.807, 2.05) is 24.3 Å². The van der Waals surface area contributed by atoms with Gasteiger partial charge in [-0.25, -0.2) is 9.78 Å². The summed E-state index contributed by atoms with van der Waals surface area (Å²) in [5.41, 5.74) is 4.32. The van der Waals surface area contributed by atoms with Crippen LogP contribution in [0.15, 0.2) is 40.9 Å². The van der Waals surface area contributed by atoms with E-state index >= 15 is 0 Å². The topological polar surface area (TPSA) is 79.7 Å². The number of carbonyl (C=O) groups is 1. The van der Waals surface area contributed by atoms with E-state index in [2.05, 4.69) is 15.9 Å². The van der Waals surface area contributed by atoms with Crippen molar-refractivity contribution in [1.29, 1.82) is 0 Å². The van der Waals surface area contributed by atoms with Gasteiger partial charge >= 0.3 is 5.97 Å². The van der Waals surface area contributed by atoms with Gasteiger partial charge in [-0.15, -0.1) is 0 Å². The van der Waals surface area contributed by atoms with E-state index < -0.39 is 5.97 Å². The van der Waals surface area contributed by atoms with E-state index in [-0.39, 0.29) is 5.75 Å². The van der Waals surface area contributed by atoms with Crippen molar-refractivity contribution in [3.05, 3.63) is 63.3 Å². The molecule has 6 heteroatoms. The van der Waals surface area contributed by atoms with Crippen LogP contribution in [0.2, 0.25) is 0 Å². The lowest BCUT2D eigenvalue weighted by molar-refractivity contribution is 0.0698. The number of hydrogen-bond donors (Lipinski definition) is 2. The summed E-state index contributed by atoms with van der Waals surface area (Å²) < 4.78 is 5.74. The number of halogens is 1. The lowest BCUT2D eigenvalue weighted by Gasteiger charge is -2.10. The van der Waals surface area contributed by atoms with Gasteiger partial charge in [-0.1, -0.05) is 18.2 Å². The SMILES string of the molecule is COc1cc(C=C2CCc3c2nc2ccccc2c3C(=O)O)cc(Br)c1O. The van der Waals surface area contributed by atoms with E-state index in [0.29, 0.717) is 39.5 Å². The molecule has 1 heterocycles. The molecule has 0 unspecified atom stereocenters. The largest absolute Gasteiger partial charge is 0.503 e. The molecule has 2 N–H and O–H groups in total. The third kappa shape index (κ3) is 2.96. The fourth-order valence-electron chi connectivity index (χ4n) is 3.56. The Hall–Kier alpha value is -2.86. The fraction of sp³-hybridized carbons (Fsp3) is 0.143. The first-order valence-corrected chi connectivity index (χ1v) is 9.21. The summed E-state index contributed by atoms with van der Waals surface area (Å²) >= 11 is 3.33. The molecule has 3 aromatic rings. The smallest absolute Gasteiger partial charge is 0.336 e. The van der Waals surface area contributed by atoms with Crippen LogP contribution >= 0.6 is 15.9 Å². The molecule has 2 aromatic carbocycles. The Morgan fingerprint density at radius 3 is 2.78 bits per heavy atom. The number of benzene rings is 2. The zero-order valence-corrected chi connectivity index (χ0v) is 16.1. The molecular weight excluding hydrogens is 410 g/mol. The summed E-state index contributed by atoms with van der Waals surface area (Å²) in [6.45, 7) is 0. The van der Waals surface area contributed by atoms with Gasteiger partial charge in [-0.2, -0.15) is 0 Å². The molecule has 5 nitrogen and oxygen atoms in total. The van der Waals surface area contributed by atoms with Crippen molar-refractivity contribution >= 4 is 44.5 Å². The molecule has 0 saturated carbocycles. The highest BCUT2D eigenvalue weighted by Gasteiger charge is 2.26. The van der Waals surface area contributed by atoms with E-state index in [1.165, 1.54) is 7.11 Å². The number of aromatic carboxylic acids is 1. The standard InChI is InChI=1S/C21H16BrNO4/c1-27-17-10-11(9-15(22)20(17)24)8-12-6-7-14-18(21(25)26)13-4-2-3-5-16(13)23-19(12)14/h2-5,8-10,24H,6-7H2,1H3,(H,25,26). The highest BCUT2D eigenvalue weighted by atomic mass is 79.9. The highest BCUT2D eigenvalue weighted by Crippen LogP contribution is 2.40. The van der Waals surface area contributed by atoms with Gasteiger partial charge in [0.05, 0.1) is 28.4 Å². The fourth-order valence-corrected chi connectivity index (χ4v) is 4.02. The molecule has 0 amide bonds. The number of allylic oxidation sites excluding steroid dienone is 1. The van der Waals surface area contributed by atoms with Gasteiger partial charge in [0, 0.05) is 5.39 Å². The number of phenolic OH excluding ortho intramolecular Hbond substituents is 1. The van der Waals surface area contributed by atoms with Crippen molar-refractivity contribution in [2.24, 2.45) is 0 Å². The number of ether oxygens (including phenoxy) is 1. The van der Waals surface area contributed by atoms with Crippen molar-refractivity contribution in [2.75, 3.05) is 7.11 Å². The molecule has 1 aliphatic rings. The number of aromatic hydroxyl groups is 1. The molecular formula is C21H16BrNO4. The van der Waals surface area contributed by atoms with Crippen molar-refractivity contribution < 1.29 is 19.7 Å². The molecule has 0 radical (unpaired) electrons. The molecule has 1 aromatic heterocycles. The Morgan fingerprint density at radius 1 is 1.26 bits per heavy atom. The molecule has 0 saturated heterocycles. The number of carboxylic acids is 1. The van der Waals surface area contributed by atoms with Gasteiger partial charge in [-0.05, 0) is 69.7 Å². The first-order chi connectivity index (χ1) is 13.0. The van der Waals surface area contributed by atoms with Crippen molar-refractivity contribution in [2.45, 2.75) is 12.8 Å². The Balaban J connectivity index is 1.90. The predicted molar refractivity (Wildman–Crippen MR) is 107 cm³/mol. The third-order valence-electron chi connectivity index (χ3n) is 4.77. The predicted octanol–water partition coefficient (Wildman–Crippen LogP) is 4.90. The average Bonchev–Trinajstić information content (AvgIpc) is 3.04. The molecule has 0 bridgehead atoms. The van der Waals surface area contributed by atoms with Crippen molar-refractivity contribution in [3.8, 4) is 11.5 Å². The van der Waals surface area contributed by atoms with Crippen molar-refractivity contribution in [3.63, 3.8) is 0 Å². The van der Waals surface area contributed by atoms with Gasteiger partial charge in [-0.3, -0.25) is 0 Å². The molecule has 27 heavy (non-hydrogen) atoms. The second-order valence-corrected chi connectivity index (χ2v) is 7.21. The summed E-state index contributed by atoms with van der Waals surface area (Å²) in [5.74, 6) is -0.518. The number of nitrogens with zero attached hydrogens (tertiary/aromatic N) is 1. The molecule has 0 fully saturated rings. The van der Waals surface area contributed by atoms with Crippen LogP contribution in [0.5, 0.6) is 11.5 Å². The van der Waals surface area contributed by atoms with Gasteiger partial charge in [0.25, 0.3) is 0 Å². The maximum absolute atomic E-state index is 11.9. The number of para-hydroxylation sites is 1. The van der Waals surface area contributed by atoms with Gasteiger partial charge in [0.2, 0.25) is 0 Å². The molecule has 4 rings (SSSR count). The Bertz CT molecular complexity index is 1120. The number of carboxylic acid groups (broad SMARTS) is 1. The summed E-state index contributed by atoms with van der Waals surface area (Å²) in [6.07, 6.45) is 3.31. The van der Waals surface area contributed by atoms with E-state index in [4.69, 9.17) is 9.72 Å². The van der Waals surface area contributed by atoms with Gasteiger partial charge < -0.3 is 14.9 Å². The number of methoxy groups -OCH3 is 1. The number of aromatic nitrogens is 1. The minimum absolute atomic E-state index is 0.0451. The monoisotopic (exact) mass is 425 g/mol. The average molecular weight is 426 g/mol. The van der Waals surface area contributed by atoms with Crippen LogP contribution in [0.1, 0.15) is 33.6 Å². The second-order valence-electron chi connectivity index (χ2n) is 6.36. The number of hydrogen-bond acceptors (Lipinski definition) is 4. The zero-order valence-electron chi connectivity index (χ0n) is 14.5. The highest BCUT2D eigenvalue weighted by molar-refractivity contribution is 9.10. The van der Waals surface area contributed by atoms with Gasteiger partial charge in [0.1, 0.15) is 0 Å². The lowest BCUT2D eigenvalue weighted by atomic mass is 10.0. The van der Waals surface area contributed by atoms with Crippen LogP contribution < -0.4 is 4.74 Å². The Morgan fingerprint density at radius 2 is 2.04 bits per heavy atom. The number of phenols is 1. The van der Waals surface area contributed by atoms with Gasteiger partial charge in [0.15, 0.2) is 11.5 Å². The number of rotatable bonds is 3. The van der Waals surface area contributed by atoms with Crippen LogP contribution in [0.25, 0.3) is 22.6 Å². The van der Waals surface area contributed by atoms with Crippen LogP contribution in [-0.2, 0) is 6.42 Å². The normalized spacial score (nSPS) is 14.5. The van der Waals surface area contributed by atoms with Crippen molar-refractivity contribution in [1.82, 2.24) is 4.98 Å². The summed E-state index contributed by atoms with van der Waals surface area (Å²) in [6, 6.07) is 10.8. The van der Waals surface area contributed by atoms with Crippen LogP contribution in [0, 0.1) is 0 Å². The van der Waals surface area contributed by atoms with Crippen LogP contribution in [-0.4, -0.2) is 28.3 Å². The number of fused-ring (bicyclic) bond motifs is 2. The molecule has 0 atom stereocenters. The molecule has 0 spiro atoms. The molecule has 1 aliphatic carbocycles. The van der Waals surface area contributed by atoms with Crippen LogP contribution in [0.4, 0.5) is 0 Å². The minimum Gasteiger partial charge on any atom is -0.503 e.